The van der Waals surface area contributed by atoms with Crippen LogP contribution in [0.15, 0.2) is 54.6 Å². The Labute approximate surface area is 155 Å². The van der Waals surface area contributed by atoms with E-state index < -0.39 is 18.5 Å². The summed E-state index contributed by atoms with van der Waals surface area (Å²) in [5, 5.41) is 14.6. The fourth-order valence-corrected chi connectivity index (χ4v) is 2.79. The monoisotopic (exact) mass is 369 g/mol. The summed E-state index contributed by atoms with van der Waals surface area (Å²) in [5.74, 6) is -1.50. The molecule has 6 heteroatoms. The van der Waals surface area contributed by atoms with Gasteiger partial charge in [0.05, 0.1) is 10.7 Å². The summed E-state index contributed by atoms with van der Waals surface area (Å²) < 4.78 is 5.00. The van der Waals surface area contributed by atoms with Crippen LogP contribution in [-0.4, -0.2) is 23.6 Å². The van der Waals surface area contributed by atoms with E-state index in [0.717, 1.165) is 16.3 Å². The Hall–Kier alpha value is -3.05. The Kier molecular flexibility index (Phi) is 5.09. The van der Waals surface area contributed by atoms with Crippen LogP contribution >= 0.6 is 11.6 Å². The zero-order valence-corrected chi connectivity index (χ0v) is 14.7. The number of anilines is 1. The SMILES string of the molecule is Cc1ccc(NC(=O)COC(=O)c2cc3ccccc3cc2O)c(Cl)c1. The van der Waals surface area contributed by atoms with Crippen molar-refractivity contribution in [1.82, 2.24) is 0 Å². The van der Waals surface area contributed by atoms with Gasteiger partial charge in [-0.2, -0.15) is 0 Å². The van der Waals surface area contributed by atoms with E-state index in [4.69, 9.17) is 16.3 Å². The van der Waals surface area contributed by atoms with Crippen LogP contribution in [0.4, 0.5) is 5.69 Å². The molecule has 0 heterocycles. The number of phenols is 1. The molecule has 3 aromatic carbocycles. The number of hydrogen-bond acceptors (Lipinski definition) is 4. The van der Waals surface area contributed by atoms with Gasteiger partial charge in [-0.3, -0.25) is 4.79 Å². The van der Waals surface area contributed by atoms with E-state index in [1.807, 2.05) is 31.2 Å². The van der Waals surface area contributed by atoms with Crippen LogP contribution in [0.1, 0.15) is 15.9 Å². The highest BCUT2D eigenvalue weighted by Gasteiger charge is 2.16. The first-order chi connectivity index (χ1) is 12.4. The number of fused-ring (bicyclic) bond motifs is 1. The van der Waals surface area contributed by atoms with Crippen molar-refractivity contribution >= 4 is 39.9 Å². The minimum atomic E-state index is -0.779. The first-order valence-electron chi connectivity index (χ1n) is 7.89. The highest BCUT2D eigenvalue weighted by Crippen LogP contribution is 2.26. The van der Waals surface area contributed by atoms with E-state index in [1.54, 1.807) is 18.2 Å². The van der Waals surface area contributed by atoms with Crippen LogP contribution in [-0.2, 0) is 9.53 Å². The standard InChI is InChI=1S/C20H16ClNO4/c1-12-6-7-17(16(21)8-12)22-19(24)11-26-20(25)15-9-13-4-2-3-5-14(13)10-18(15)23/h2-10,23H,11H2,1H3,(H,22,24). The number of amides is 1. The van der Waals surface area contributed by atoms with Crippen molar-refractivity contribution in [1.29, 1.82) is 0 Å². The van der Waals surface area contributed by atoms with Crippen molar-refractivity contribution in [2.24, 2.45) is 0 Å². The molecule has 0 aliphatic carbocycles. The average Bonchev–Trinajstić information content (AvgIpc) is 2.61. The maximum atomic E-state index is 12.2. The largest absolute Gasteiger partial charge is 0.507 e. The fraction of sp³-hybridized carbons (Fsp3) is 0.100. The number of benzene rings is 3. The van der Waals surface area contributed by atoms with Crippen LogP contribution in [0.25, 0.3) is 10.8 Å². The lowest BCUT2D eigenvalue weighted by atomic mass is 10.1. The number of esters is 1. The zero-order valence-electron chi connectivity index (χ0n) is 14.0. The number of aromatic hydroxyl groups is 1. The molecule has 0 aliphatic rings. The topological polar surface area (TPSA) is 75.6 Å². The van der Waals surface area contributed by atoms with Gasteiger partial charge in [-0.1, -0.05) is 41.9 Å². The highest BCUT2D eigenvalue weighted by atomic mass is 35.5. The van der Waals surface area contributed by atoms with Gasteiger partial charge in [0.25, 0.3) is 5.91 Å². The minimum absolute atomic E-state index is 0.00451. The molecule has 0 radical (unpaired) electrons. The molecule has 0 saturated carbocycles. The molecule has 3 rings (SSSR count). The Bertz CT molecular complexity index is 1000. The Balaban J connectivity index is 1.66. The smallest absolute Gasteiger partial charge is 0.342 e. The summed E-state index contributed by atoms with van der Waals surface area (Å²) in [6.45, 7) is 1.39. The average molecular weight is 370 g/mol. The maximum Gasteiger partial charge on any atom is 0.342 e. The van der Waals surface area contributed by atoms with Gasteiger partial charge in [-0.25, -0.2) is 4.79 Å². The van der Waals surface area contributed by atoms with Crippen LogP contribution < -0.4 is 5.32 Å². The Morgan fingerprint density at radius 3 is 2.46 bits per heavy atom. The predicted octanol–water partition coefficient (Wildman–Crippen LogP) is 4.30. The molecule has 2 N–H and O–H groups in total. The summed E-state index contributed by atoms with van der Waals surface area (Å²) in [4.78, 5) is 24.2. The van der Waals surface area contributed by atoms with E-state index in [-0.39, 0.29) is 11.3 Å². The summed E-state index contributed by atoms with van der Waals surface area (Å²) in [7, 11) is 0. The number of carbonyl (C=O) groups excluding carboxylic acids is 2. The molecule has 0 atom stereocenters. The molecule has 5 nitrogen and oxygen atoms in total. The van der Waals surface area contributed by atoms with Gasteiger partial charge < -0.3 is 15.2 Å². The maximum absolute atomic E-state index is 12.2. The summed E-state index contributed by atoms with van der Waals surface area (Å²) in [6, 6.07) is 15.5. The molecule has 26 heavy (non-hydrogen) atoms. The quantitative estimate of drug-likeness (QED) is 0.672. The van der Waals surface area contributed by atoms with E-state index in [1.165, 1.54) is 12.1 Å². The first-order valence-corrected chi connectivity index (χ1v) is 8.27. The van der Waals surface area contributed by atoms with Crippen molar-refractivity contribution in [3.63, 3.8) is 0 Å². The molecule has 0 aromatic heterocycles. The van der Waals surface area contributed by atoms with Gasteiger partial charge in [0, 0.05) is 0 Å². The molecule has 0 fully saturated rings. The summed E-state index contributed by atoms with van der Waals surface area (Å²) in [6.07, 6.45) is 0. The van der Waals surface area contributed by atoms with Gasteiger partial charge in [-0.05, 0) is 47.5 Å². The molecule has 0 bridgehead atoms. The van der Waals surface area contributed by atoms with Crippen molar-refractivity contribution in [2.45, 2.75) is 6.92 Å². The molecular formula is C20H16ClNO4. The Morgan fingerprint density at radius 1 is 1.08 bits per heavy atom. The van der Waals surface area contributed by atoms with Crippen LogP contribution in [0.2, 0.25) is 5.02 Å². The van der Waals surface area contributed by atoms with E-state index in [9.17, 15) is 14.7 Å². The lowest BCUT2D eigenvalue weighted by molar-refractivity contribution is -0.119. The lowest BCUT2D eigenvalue weighted by Gasteiger charge is -2.10. The molecule has 0 aliphatic heterocycles. The van der Waals surface area contributed by atoms with Crippen LogP contribution in [0.5, 0.6) is 5.75 Å². The van der Waals surface area contributed by atoms with Gasteiger partial charge in [0.2, 0.25) is 0 Å². The number of carbonyl (C=O) groups is 2. The van der Waals surface area contributed by atoms with Crippen molar-refractivity contribution in [3.8, 4) is 5.75 Å². The van der Waals surface area contributed by atoms with Crippen molar-refractivity contribution in [2.75, 3.05) is 11.9 Å². The van der Waals surface area contributed by atoms with Crippen molar-refractivity contribution < 1.29 is 19.4 Å². The number of rotatable bonds is 4. The van der Waals surface area contributed by atoms with Gasteiger partial charge in [0.1, 0.15) is 11.3 Å². The lowest BCUT2D eigenvalue weighted by Crippen LogP contribution is -2.21. The molecule has 1 amide bonds. The number of aryl methyl sites for hydroxylation is 1. The van der Waals surface area contributed by atoms with E-state index >= 15 is 0 Å². The predicted molar refractivity (Wildman–Crippen MR) is 101 cm³/mol. The third-order valence-electron chi connectivity index (χ3n) is 3.82. The number of hydrogen-bond donors (Lipinski definition) is 2. The molecule has 0 saturated heterocycles. The number of ether oxygens (including phenoxy) is 1. The third-order valence-corrected chi connectivity index (χ3v) is 4.13. The number of nitrogens with one attached hydrogen (secondary N) is 1. The van der Waals surface area contributed by atoms with E-state index in [0.29, 0.717) is 10.7 Å². The molecule has 132 valence electrons. The van der Waals surface area contributed by atoms with Gasteiger partial charge >= 0.3 is 5.97 Å². The number of halogens is 1. The third kappa shape index (κ3) is 3.95. The second-order valence-electron chi connectivity index (χ2n) is 5.82. The molecule has 3 aromatic rings. The summed E-state index contributed by atoms with van der Waals surface area (Å²) >= 11 is 6.05. The van der Waals surface area contributed by atoms with E-state index in [2.05, 4.69) is 5.32 Å². The fourth-order valence-electron chi connectivity index (χ4n) is 2.51. The first kappa shape index (κ1) is 17.8. The second kappa shape index (κ2) is 7.45. The Morgan fingerprint density at radius 2 is 1.77 bits per heavy atom. The second-order valence-corrected chi connectivity index (χ2v) is 6.23. The highest BCUT2D eigenvalue weighted by molar-refractivity contribution is 6.33. The van der Waals surface area contributed by atoms with Crippen LogP contribution in [0, 0.1) is 6.92 Å². The molecular weight excluding hydrogens is 354 g/mol. The van der Waals surface area contributed by atoms with Gasteiger partial charge in [-0.15, -0.1) is 0 Å². The normalized spacial score (nSPS) is 10.5. The number of phenolic OH excluding ortho intramolecular Hbond substituents is 1. The van der Waals surface area contributed by atoms with Crippen LogP contribution in [0.3, 0.4) is 0 Å². The minimum Gasteiger partial charge on any atom is -0.507 e. The summed E-state index contributed by atoms with van der Waals surface area (Å²) in [5.41, 5.74) is 1.41. The van der Waals surface area contributed by atoms with Gasteiger partial charge in [0.15, 0.2) is 6.61 Å². The zero-order chi connectivity index (χ0) is 18.7. The van der Waals surface area contributed by atoms with Crippen molar-refractivity contribution in [3.05, 3.63) is 70.7 Å². The molecule has 0 unspecified atom stereocenters. The molecule has 0 spiro atoms.